The zero-order valence-electron chi connectivity index (χ0n) is 18.9. The van der Waals surface area contributed by atoms with Gasteiger partial charge in [0.1, 0.15) is 30.2 Å². The summed E-state index contributed by atoms with van der Waals surface area (Å²) in [5.41, 5.74) is 5.24. The molecule has 14 nitrogen and oxygen atoms in total. The molecular weight excluding hydrogens is 472 g/mol. The number of rotatable bonds is 12. The van der Waals surface area contributed by atoms with Crippen LogP contribution in [0.3, 0.4) is 0 Å². The van der Waals surface area contributed by atoms with Crippen molar-refractivity contribution in [2.24, 2.45) is 5.73 Å². The average molecular weight is 505 g/mol. The van der Waals surface area contributed by atoms with E-state index in [2.05, 4.69) is 33.9 Å². The number of carboxylic acids is 1. The van der Waals surface area contributed by atoms with Crippen LogP contribution in [0.25, 0.3) is 0 Å². The first-order valence-corrected chi connectivity index (χ1v) is 11.3. The van der Waals surface area contributed by atoms with Crippen LogP contribution >= 0.6 is 12.6 Å². The third kappa shape index (κ3) is 8.14. The molecule has 15 heteroatoms. The number of hydrogen-bond acceptors (Lipinski definition) is 9. The summed E-state index contributed by atoms with van der Waals surface area (Å²) in [6.45, 7) is 1.96. The third-order valence-electron chi connectivity index (χ3n) is 5.14. The van der Waals surface area contributed by atoms with Gasteiger partial charge in [-0.15, -0.1) is 0 Å². The lowest BCUT2D eigenvalue weighted by molar-refractivity contribution is -0.143. The first-order valence-electron chi connectivity index (χ1n) is 10.6. The number of nitrogens with zero attached hydrogens (tertiary/aromatic N) is 1. The summed E-state index contributed by atoms with van der Waals surface area (Å²) in [6.07, 6.45) is 0.901. The Kier molecular flexibility index (Phi) is 11.7. The zero-order valence-corrected chi connectivity index (χ0v) is 19.8. The highest BCUT2D eigenvalue weighted by molar-refractivity contribution is 7.80. The maximum Gasteiger partial charge on any atom is 0.328 e. The van der Waals surface area contributed by atoms with Crippen LogP contribution in [0.4, 0.5) is 0 Å². The molecule has 34 heavy (non-hydrogen) atoms. The Balaban J connectivity index is 2.74. The minimum absolute atomic E-state index is 0.121. The lowest BCUT2D eigenvalue weighted by Gasteiger charge is -2.28. The molecule has 0 unspecified atom stereocenters. The summed E-state index contributed by atoms with van der Waals surface area (Å²) in [7, 11) is 0. The van der Waals surface area contributed by atoms with Gasteiger partial charge < -0.3 is 42.1 Å². The number of amides is 5. The van der Waals surface area contributed by atoms with Crippen LogP contribution in [-0.2, 0) is 28.8 Å². The number of likely N-dealkylation sites (tertiary alicyclic amines) is 1. The van der Waals surface area contributed by atoms with Gasteiger partial charge in [-0.25, -0.2) is 4.79 Å². The van der Waals surface area contributed by atoms with Gasteiger partial charge in [0, 0.05) is 12.3 Å². The van der Waals surface area contributed by atoms with E-state index in [0.29, 0.717) is 19.4 Å². The zero-order chi connectivity index (χ0) is 26.0. The molecule has 1 aliphatic rings. The number of nitrogens with two attached hydrogens (primary N) is 1. The molecule has 0 bridgehead atoms. The number of aliphatic hydroxyl groups is 1. The quantitative estimate of drug-likeness (QED) is 0.121. The highest BCUT2D eigenvalue weighted by atomic mass is 32.1. The van der Waals surface area contributed by atoms with Crippen molar-refractivity contribution in [3.8, 4) is 0 Å². The molecular formula is C19H32N6O8S. The van der Waals surface area contributed by atoms with Crippen molar-refractivity contribution >= 4 is 48.1 Å². The summed E-state index contributed by atoms with van der Waals surface area (Å²) in [5.74, 6) is -4.73. The van der Waals surface area contributed by atoms with Crippen molar-refractivity contribution in [2.75, 3.05) is 25.4 Å². The summed E-state index contributed by atoms with van der Waals surface area (Å²) in [6, 6.07) is -5.60. The number of thiol groups is 1. The Morgan fingerprint density at radius 2 is 1.65 bits per heavy atom. The molecule has 8 N–H and O–H groups in total. The van der Waals surface area contributed by atoms with E-state index in [4.69, 9.17) is 15.9 Å². The molecule has 5 amide bonds. The lowest BCUT2D eigenvalue weighted by atomic mass is 10.1. The molecule has 0 spiro atoms. The molecule has 0 aromatic heterocycles. The van der Waals surface area contributed by atoms with E-state index in [9.17, 15) is 28.8 Å². The predicted octanol–water partition coefficient (Wildman–Crippen LogP) is -4.08. The van der Waals surface area contributed by atoms with Crippen molar-refractivity contribution in [1.29, 1.82) is 0 Å². The standard InChI is InChI=1S/C19H32N6O8S/c1-9(15(28)23-11(7-26)19(32)33)22-16(29)12(8-34)24-17(30)13-4-3-5-25(13)18(31)10(2)21-14(27)6-20/h9-13,26,34H,3-8,20H2,1-2H3,(H,21,27)(H,22,29)(H,23,28)(H,24,30)(H,32,33)/t9-,10-,11-,12-,13-/m0/s1. The SMILES string of the molecule is C[C@H](NC(=O)[C@H](CS)NC(=O)[C@@H]1CCCN1C(=O)[C@H](C)NC(=O)CN)C(=O)N[C@@H](CO)C(=O)O. The van der Waals surface area contributed by atoms with Crippen molar-refractivity contribution < 1.29 is 39.0 Å². The molecule has 1 rings (SSSR count). The third-order valence-corrected chi connectivity index (χ3v) is 5.50. The maximum absolute atomic E-state index is 12.8. The Morgan fingerprint density at radius 1 is 1.00 bits per heavy atom. The van der Waals surface area contributed by atoms with Gasteiger partial charge in [-0.2, -0.15) is 12.6 Å². The summed E-state index contributed by atoms with van der Waals surface area (Å²) in [4.78, 5) is 73.8. The van der Waals surface area contributed by atoms with Crippen molar-refractivity contribution in [2.45, 2.75) is 56.9 Å². The topological polar surface area (TPSA) is 220 Å². The summed E-state index contributed by atoms with van der Waals surface area (Å²) < 4.78 is 0. The van der Waals surface area contributed by atoms with Crippen LogP contribution < -0.4 is 27.0 Å². The highest BCUT2D eigenvalue weighted by Crippen LogP contribution is 2.19. The highest BCUT2D eigenvalue weighted by Gasteiger charge is 2.37. The van der Waals surface area contributed by atoms with Gasteiger partial charge in [-0.3, -0.25) is 24.0 Å². The van der Waals surface area contributed by atoms with Gasteiger partial charge in [0.05, 0.1) is 13.2 Å². The fourth-order valence-electron chi connectivity index (χ4n) is 3.24. The van der Waals surface area contributed by atoms with Crippen LogP contribution in [0.2, 0.25) is 0 Å². The molecule has 0 aromatic carbocycles. The van der Waals surface area contributed by atoms with E-state index in [1.165, 1.54) is 18.7 Å². The van der Waals surface area contributed by atoms with Crippen molar-refractivity contribution in [1.82, 2.24) is 26.2 Å². The number of nitrogens with one attached hydrogen (secondary N) is 4. The summed E-state index contributed by atoms with van der Waals surface area (Å²) >= 11 is 4.06. The minimum atomic E-state index is -1.53. The molecule has 1 fully saturated rings. The smallest absolute Gasteiger partial charge is 0.328 e. The van der Waals surface area contributed by atoms with Gasteiger partial charge in [0.15, 0.2) is 0 Å². The molecule has 5 atom stereocenters. The fourth-order valence-corrected chi connectivity index (χ4v) is 3.49. The van der Waals surface area contributed by atoms with Gasteiger partial charge in [0.2, 0.25) is 29.5 Å². The second-order valence-electron chi connectivity index (χ2n) is 7.74. The molecule has 0 radical (unpaired) electrons. The molecule has 0 saturated carbocycles. The van der Waals surface area contributed by atoms with Gasteiger partial charge in [-0.1, -0.05) is 0 Å². The summed E-state index contributed by atoms with van der Waals surface area (Å²) in [5, 5.41) is 27.2. The van der Waals surface area contributed by atoms with Crippen LogP contribution in [0.1, 0.15) is 26.7 Å². The Bertz CT molecular complexity index is 797. The normalized spacial score (nSPS) is 18.7. The lowest BCUT2D eigenvalue weighted by Crippen LogP contribution is -2.58. The van der Waals surface area contributed by atoms with Crippen molar-refractivity contribution in [3.05, 3.63) is 0 Å². The van der Waals surface area contributed by atoms with Gasteiger partial charge >= 0.3 is 5.97 Å². The number of hydrogen-bond donors (Lipinski definition) is 8. The van der Waals surface area contributed by atoms with Gasteiger partial charge in [-0.05, 0) is 26.7 Å². The van der Waals surface area contributed by atoms with Crippen LogP contribution in [0, 0.1) is 0 Å². The van der Waals surface area contributed by atoms with Crippen LogP contribution in [0.5, 0.6) is 0 Å². The van der Waals surface area contributed by atoms with E-state index in [0.717, 1.165) is 0 Å². The molecule has 1 saturated heterocycles. The molecule has 0 aliphatic carbocycles. The first-order chi connectivity index (χ1) is 16.0. The van der Waals surface area contributed by atoms with Crippen molar-refractivity contribution in [3.63, 3.8) is 0 Å². The van der Waals surface area contributed by atoms with E-state index in [1.54, 1.807) is 0 Å². The second kappa shape index (κ2) is 13.7. The Hall–Kier alpha value is -2.91. The largest absolute Gasteiger partial charge is 0.480 e. The minimum Gasteiger partial charge on any atom is -0.480 e. The van der Waals surface area contributed by atoms with E-state index >= 15 is 0 Å². The molecule has 1 aliphatic heterocycles. The molecule has 0 aromatic rings. The van der Waals surface area contributed by atoms with E-state index < -0.39 is 72.3 Å². The molecule has 1 heterocycles. The number of carbonyl (C=O) groups is 6. The first kappa shape index (κ1) is 29.1. The Labute approximate surface area is 201 Å². The number of aliphatic carboxylic acids is 1. The fraction of sp³-hybridized carbons (Fsp3) is 0.684. The van der Waals surface area contributed by atoms with Crippen LogP contribution in [0.15, 0.2) is 0 Å². The number of carboxylic acid groups (broad SMARTS) is 1. The van der Waals surface area contributed by atoms with Crippen LogP contribution in [-0.4, -0.2) is 106 Å². The molecule has 192 valence electrons. The van der Waals surface area contributed by atoms with Gasteiger partial charge in [0.25, 0.3) is 0 Å². The predicted molar refractivity (Wildman–Crippen MR) is 121 cm³/mol. The number of aliphatic hydroxyl groups excluding tert-OH is 1. The Morgan fingerprint density at radius 3 is 2.18 bits per heavy atom. The second-order valence-corrected chi connectivity index (χ2v) is 8.10. The maximum atomic E-state index is 12.8. The van der Waals surface area contributed by atoms with E-state index in [1.807, 2.05) is 0 Å². The average Bonchev–Trinajstić information content (AvgIpc) is 3.29. The number of carbonyl (C=O) groups excluding carboxylic acids is 5. The monoisotopic (exact) mass is 504 g/mol. The van der Waals surface area contributed by atoms with E-state index in [-0.39, 0.29) is 12.3 Å².